The van der Waals surface area contributed by atoms with Crippen molar-refractivity contribution in [1.82, 2.24) is 14.8 Å². The largest absolute Gasteiger partial charge is 0.397 e. The number of nitrogens with one attached hydrogen (secondary N) is 1. The number of nitriles is 1. The molecule has 7 heteroatoms. The van der Waals surface area contributed by atoms with E-state index in [-0.39, 0.29) is 5.91 Å². The maximum Gasteiger partial charge on any atom is 0.222 e. The number of nitrogen functional groups attached to an aromatic ring is 1. The summed E-state index contributed by atoms with van der Waals surface area (Å²) in [7, 11) is 0. The van der Waals surface area contributed by atoms with E-state index in [1.54, 1.807) is 6.20 Å². The highest BCUT2D eigenvalue weighted by atomic mass is 16.1. The minimum Gasteiger partial charge on any atom is -0.397 e. The molecule has 0 bridgehead atoms. The highest BCUT2D eigenvalue weighted by Crippen LogP contribution is 2.18. The average Bonchev–Trinajstić information content (AvgIpc) is 2.76. The normalized spacial score (nSPS) is 9.78. The standard InChI is InChI=1S/C11H10N6O/c1-7(18)16-11-2-9(13)10(5-14-11)17-6-8(3-12)4-15-17/h2,4-6H,1H3,(H3,13,14,16,18). The van der Waals surface area contributed by atoms with E-state index >= 15 is 0 Å². The first kappa shape index (κ1) is 11.6. The van der Waals surface area contributed by atoms with Crippen molar-refractivity contribution in [1.29, 1.82) is 5.26 Å². The van der Waals surface area contributed by atoms with Crippen LogP contribution in [-0.4, -0.2) is 20.7 Å². The summed E-state index contributed by atoms with van der Waals surface area (Å²) in [6.07, 6.45) is 4.46. The van der Waals surface area contributed by atoms with E-state index in [2.05, 4.69) is 15.4 Å². The number of hydrogen-bond donors (Lipinski definition) is 2. The van der Waals surface area contributed by atoms with Gasteiger partial charge in [0.05, 0.1) is 23.6 Å². The van der Waals surface area contributed by atoms with Crippen LogP contribution in [0.2, 0.25) is 0 Å². The molecule has 90 valence electrons. The van der Waals surface area contributed by atoms with Gasteiger partial charge < -0.3 is 11.1 Å². The smallest absolute Gasteiger partial charge is 0.222 e. The predicted molar refractivity (Wildman–Crippen MR) is 64.8 cm³/mol. The summed E-state index contributed by atoms with van der Waals surface area (Å²) in [5.74, 6) is 0.150. The number of anilines is 2. The molecule has 2 aromatic heterocycles. The van der Waals surface area contributed by atoms with Crippen molar-refractivity contribution < 1.29 is 4.79 Å². The van der Waals surface area contributed by atoms with Gasteiger partial charge in [-0.1, -0.05) is 0 Å². The Kier molecular flexibility index (Phi) is 2.93. The van der Waals surface area contributed by atoms with E-state index in [1.165, 1.54) is 30.1 Å². The SMILES string of the molecule is CC(=O)Nc1cc(N)c(-n2cc(C#N)cn2)cn1. The van der Waals surface area contributed by atoms with Crippen LogP contribution in [0, 0.1) is 11.3 Å². The summed E-state index contributed by atoms with van der Waals surface area (Å²) in [6, 6.07) is 3.50. The third kappa shape index (κ3) is 2.27. The summed E-state index contributed by atoms with van der Waals surface area (Å²) in [4.78, 5) is 14.9. The Morgan fingerprint density at radius 3 is 2.89 bits per heavy atom. The average molecular weight is 242 g/mol. The van der Waals surface area contributed by atoms with Gasteiger partial charge in [0, 0.05) is 19.2 Å². The van der Waals surface area contributed by atoms with Crippen LogP contribution in [-0.2, 0) is 4.79 Å². The molecule has 1 amide bonds. The van der Waals surface area contributed by atoms with Gasteiger partial charge in [-0.15, -0.1) is 0 Å². The number of rotatable bonds is 2. The van der Waals surface area contributed by atoms with Crippen LogP contribution in [0.3, 0.4) is 0 Å². The Bertz CT molecular complexity index is 639. The maximum absolute atomic E-state index is 10.9. The Balaban J connectivity index is 2.35. The van der Waals surface area contributed by atoms with Gasteiger partial charge >= 0.3 is 0 Å². The Hall–Kier alpha value is -2.88. The molecular formula is C11H10N6O. The maximum atomic E-state index is 10.9. The van der Waals surface area contributed by atoms with Gasteiger partial charge in [0.15, 0.2) is 0 Å². The summed E-state index contributed by atoms with van der Waals surface area (Å²) >= 11 is 0. The fourth-order valence-electron chi connectivity index (χ4n) is 1.42. The number of pyridine rings is 1. The van der Waals surface area contributed by atoms with Crippen LogP contribution in [0.4, 0.5) is 11.5 Å². The van der Waals surface area contributed by atoms with Crippen molar-refractivity contribution in [2.75, 3.05) is 11.1 Å². The van der Waals surface area contributed by atoms with Crippen molar-refractivity contribution in [2.45, 2.75) is 6.92 Å². The zero-order valence-corrected chi connectivity index (χ0v) is 9.58. The second-order valence-corrected chi connectivity index (χ2v) is 3.59. The second kappa shape index (κ2) is 4.55. The summed E-state index contributed by atoms with van der Waals surface area (Å²) in [5, 5.41) is 15.2. The molecule has 2 aromatic rings. The van der Waals surface area contributed by atoms with Crippen molar-refractivity contribution in [2.24, 2.45) is 0 Å². The highest BCUT2D eigenvalue weighted by Gasteiger charge is 2.07. The molecule has 0 spiro atoms. The molecule has 0 saturated carbocycles. The number of hydrogen-bond acceptors (Lipinski definition) is 5. The highest BCUT2D eigenvalue weighted by molar-refractivity contribution is 5.88. The van der Waals surface area contributed by atoms with Crippen LogP contribution in [0.1, 0.15) is 12.5 Å². The van der Waals surface area contributed by atoms with Gasteiger partial charge in [0.1, 0.15) is 17.6 Å². The van der Waals surface area contributed by atoms with Crippen LogP contribution in [0.25, 0.3) is 5.69 Å². The quantitative estimate of drug-likeness (QED) is 0.804. The first-order chi connectivity index (χ1) is 8.60. The predicted octanol–water partition coefficient (Wildman–Crippen LogP) is 0.680. The number of aromatic nitrogens is 3. The number of nitrogens with two attached hydrogens (primary N) is 1. The third-order valence-corrected chi connectivity index (χ3v) is 2.18. The summed E-state index contributed by atoms with van der Waals surface area (Å²) < 4.78 is 1.46. The van der Waals surface area contributed by atoms with Crippen LogP contribution in [0.15, 0.2) is 24.7 Å². The molecule has 0 aromatic carbocycles. The van der Waals surface area contributed by atoms with E-state index in [0.717, 1.165) is 0 Å². The van der Waals surface area contributed by atoms with E-state index in [4.69, 9.17) is 11.0 Å². The molecule has 0 fully saturated rings. The third-order valence-electron chi connectivity index (χ3n) is 2.18. The van der Waals surface area contributed by atoms with E-state index in [1.807, 2.05) is 6.07 Å². The zero-order chi connectivity index (χ0) is 13.1. The minimum atomic E-state index is -0.222. The molecule has 18 heavy (non-hydrogen) atoms. The Labute approximate surface area is 103 Å². The van der Waals surface area contributed by atoms with Gasteiger partial charge in [0.25, 0.3) is 0 Å². The minimum absolute atomic E-state index is 0.222. The van der Waals surface area contributed by atoms with Crippen molar-refractivity contribution in [3.05, 3.63) is 30.2 Å². The molecule has 0 aliphatic heterocycles. The number of amides is 1. The molecule has 2 heterocycles. The molecule has 7 nitrogen and oxygen atoms in total. The van der Waals surface area contributed by atoms with Crippen LogP contribution < -0.4 is 11.1 Å². The molecule has 0 radical (unpaired) electrons. The Morgan fingerprint density at radius 2 is 2.33 bits per heavy atom. The second-order valence-electron chi connectivity index (χ2n) is 3.59. The number of carbonyl (C=O) groups excluding carboxylic acids is 1. The lowest BCUT2D eigenvalue weighted by molar-refractivity contribution is -0.114. The van der Waals surface area contributed by atoms with Gasteiger partial charge in [0.2, 0.25) is 5.91 Å². The Morgan fingerprint density at radius 1 is 1.56 bits per heavy atom. The van der Waals surface area contributed by atoms with E-state index < -0.39 is 0 Å². The fourth-order valence-corrected chi connectivity index (χ4v) is 1.42. The molecule has 0 atom stereocenters. The number of carbonyl (C=O) groups is 1. The lowest BCUT2D eigenvalue weighted by atomic mass is 10.3. The molecule has 0 aliphatic carbocycles. The van der Waals surface area contributed by atoms with Crippen molar-refractivity contribution in [3.63, 3.8) is 0 Å². The summed E-state index contributed by atoms with van der Waals surface area (Å²) in [6.45, 7) is 1.39. The molecule has 2 rings (SSSR count). The molecule has 0 aliphatic rings. The van der Waals surface area contributed by atoms with Gasteiger partial charge in [-0.3, -0.25) is 4.79 Å². The van der Waals surface area contributed by atoms with Crippen LogP contribution >= 0.6 is 0 Å². The molecular weight excluding hydrogens is 232 g/mol. The number of nitrogens with zero attached hydrogens (tertiary/aromatic N) is 4. The monoisotopic (exact) mass is 242 g/mol. The first-order valence-electron chi connectivity index (χ1n) is 5.08. The van der Waals surface area contributed by atoms with Gasteiger partial charge in [-0.05, 0) is 0 Å². The van der Waals surface area contributed by atoms with E-state index in [0.29, 0.717) is 22.8 Å². The lowest BCUT2D eigenvalue weighted by Crippen LogP contribution is -2.09. The van der Waals surface area contributed by atoms with Crippen molar-refractivity contribution in [3.8, 4) is 11.8 Å². The van der Waals surface area contributed by atoms with Gasteiger partial charge in [-0.2, -0.15) is 10.4 Å². The summed E-state index contributed by atoms with van der Waals surface area (Å²) in [5.41, 5.74) is 7.23. The van der Waals surface area contributed by atoms with Crippen molar-refractivity contribution >= 4 is 17.4 Å². The molecule has 3 N–H and O–H groups in total. The van der Waals surface area contributed by atoms with Crippen LogP contribution in [0.5, 0.6) is 0 Å². The van der Waals surface area contributed by atoms with E-state index in [9.17, 15) is 4.79 Å². The topological polar surface area (TPSA) is 110 Å². The first-order valence-corrected chi connectivity index (χ1v) is 5.08. The zero-order valence-electron chi connectivity index (χ0n) is 9.58. The van der Waals surface area contributed by atoms with Gasteiger partial charge in [-0.25, -0.2) is 9.67 Å². The fraction of sp³-hybridized carbons (Fsp3) is 0.0909. The molecule has 0 unspecified atom stereocenters. The molecule has 0 saturated heterocycles. The lowest BCUT2D eigenvalue weighted by Gasteiger charge is -2.07.